The van der Waals surface area contributed by atoms with Gasteiger partial charge >= 0.3 is 0 Å². The number of amides is 2. The highest BCUT2D eigenvalue weighted by Crippen LogP contribution is 2.46. The van der Waals surface area contributed by atoms with Gasteiger partial charge in [0.15, 0.2) is 5.11 Å². The molecule has 0 radical (unpaired) electrons. The first-order chi connectivity index (χ1) is 15.1. The van der Waals surface area contributed by atoms with Crippen LogP contribution in [0.5, 0.6) is 5.75 Å². The lowest BCUT2D eigenvalue weighted by molar-refractivity contribution is -0.133. The van der Waals surface area contributed by atoms with Crippen LogP contribution in [0.4, 0.5) is 5.69 Å². The fourth-order valence-corrected chi connectivity index (χ4v) is 5.43. The maximum atomic E-state index is 13.1. The largest absolute Gasteiger partial charge is 0.496 e. The number of nitrogens with zero attached hydrogens (tertiary/aromatic N) is 3. The molecule has 0 aliphatic carbocycles. The van der Waals surface area contributed by atoms with Crippen LogP contribution in [0.1, 0.15) is 71.4 Å². The number of fused-ring (bicyclic) bond motifs is 1. The number of methoxy groups -OCH3 is 1. The van der Waals surface area contributed by atoms with Gasteiger partial charge in [0.1, 0.15) is 11.3 Å². The summed E-state index contributed by atoms with van der Waals surface area (Å²) in [6.45, 7) is 14.5. The zero-order chi connectivity index (χ0) is 23.8. The fraction of sp³-hybridized carbons (Fsp3) is 0.560. The maximum Gasteiger partial charge on any atom is 0.265 e. The van der Waals surface area contributed by atoms with E-state index in [1.165, 1.54) is 21.1 Å². The van der Waals surface area contributed by atoms with E-state index in [1.807, 2.05) is 13.8 Å². The van der Waals surface area contributed by atoms with Crippen LogP contribution in [-0.4, -0.2) is 59.0 Å². The third kappa shape index (κ3) is 4.03. The van der Waals surface area contributed by atoms with Crippen LogP contribution in [0.15, 0.2) is 17.7 Å². The number of carbonyl (C=O) groups is 2. The standard InChI is InChI=1S/C25H35N3O3S/c1-8-11-28-20-14-21(31-7)17(12-18(20)16(4)15-25(28,5)6)13-19-22(29)26(9-2)24(32)27(10-3)23(19)30/h12-14,16H,8-11,15H2,1-7H3. The van der Waals surface area contributed by atoms with E-state index in [0.29, 0.717) is 24.8 Å². The highest BCUT2D eigenvalue weighted by atomic mass is 32.1. The van der Waals surface area contributed by atoms with Crippen LogP contribution in [0.3, 0.4) is 0 Å². The molecule has 7 heteroatoms. The van der Waals surface area contributed by atoms with Crippen LogP contribution in [0, 0.1) is 0 Å². The molecule has 1 aromatic carbocycles. The highest BCUT2D eigenvalue weighted by molar-refractivity contribution is 7.80. The summed E-state index contributed by atoms with van der Waals surface area (Å²) in [5.41, 5.74) is 3.29. The first-order valence-corrected chi connectivity index (χ1v) is 11.9. The van der Waals surface area contributed by atoms with Gasteiger partial charge in [0, 0.05) is 42.5 Å². The number of hydrogen-bond acceptors (Lipinski definition) is 5. The molecule has 174 valence electrons. The van der Waals surface area contributed by atoms with E-state index in [0.717, 1.165) is 24.9 Å². The lowest BCUT2D eigenvalue weighted by atomic mass is 9.79. The van der Waals surface area contributed by atoms with Crippen LogP contribution >= 0.6 is 12.2 Å². The summed E-state index contributed by atoms with van der Waals surface area (Å²) in [4.78, 5) is 31.6. The van der Waals surface area contributed by atoms with Gasteiger partial charge in [-0.3, -0.25) is 19.4 Å². The van der Waals surface area contributed by atoms with Crippen molar-refractivity contribution < 1.29 is 14.3 Å². The lowest BCUT2D eigenvalue weighted by Gasteiger charge is -2.48. The Morgan fingerprint density at radius 1 is 1.12 bits per heavy atom. The minimum absolute atomic E-state index is 0.0433. The number of thiocarbonyl (C=S) groups is 1. The summed E-state index contributed by atoms with van der Waals surface area (Å²) in [7, 11) is 1.63. The molecule has 1 saturated heterocycles. The maximum absolute atomic E-state index is 13.1. The highest BCUT2D eigenvalue weighted by Gasteiger charge is 2.39. The summed E-state index contributed by atoms with van der Waals surface area (Å²) in [6.07, 6.45) is 3.75. The monoisotopic (exact) mass is 457 g/mol. The lowest BCUT2D eigenvalue weighted by Crippen LogP contribution is -2.55. The van der Waals surface area contributed by atoms with Gasteiger partial charge in [-0.15, -0.1) is 0 Å². The number of rotatable bonds is 6. The van der Waals surface area contributed by atoms with Crippen molar-refractivity contribution >= 4 is 40.9 Å². The predicted octanol–water partition coefficient (Wildman–Crippen LogP) is 4.58. The van der Waals surface area contributed by atoms with Gasteiger partial charge in [-0.25, -0.2) is 0 Å². The third-order valence-corrected chi connectivity index (χ3v) is 6.97. The molecule has 2 heterocycles. The van der Waals surface area contributed by atoms with E-state index in [2.05, 4.69) is 44.7 Å². The van der Waals surface area contributed by atoms with E-state index in [9.17, 15) is 9.59 Å². The summed E-state index contributed by atoms with van der Waals surface area (Å²) in [6, 6.07) is 4.15. The summed E-state index contributed by atoms with van der Waals surface area (Å²) < 4.78 is 5.73. The average molecular weight is 458 g/mol. The van der Waals surface area contributed by atoms with Crippen molar-refractivity contribution in [3.05, 3.63) is 28.8 Å². The molecule has 1 unspecified atom stereocenters. The Morgan fingerprint density at radius 2 is 1.72 bits per heavy atom. The molecule has 1 fully saturated rings. The van der Waals surface area contributed by atoms with Crippen molar-refractivity contribution in [1.29, 1.82) is 0 Å². The molecule has 2 aliphatic rings. The van der Waals surface area contributed by atoms with Crippen molar-refractivity contribution in [3.8, 4) is 5.75 Å². The Balaban J connectivity index is 2.16. The van der Waals surface area contributed by atoms with Gasteiger partial charge in [-0.2, -0.15) is 0 Å². The number of likely N-dealkylation sites (N-methyl/N-ethyl adjacent to an activating group) is 2. The van der Waals surface area contributed by atoms with Gasteiger partial charge in [-0.1, -0.05) is 13.8 Å². The second-order valence-corrected chi connectivity index (χ2v) is 9.53. The molecule has 0 bridgehead atoms. The number of benzene rings is 1. The van der Waals surface area contributed by atoms with E-state index in [-0.39, 0.29) is 28.0 Å². The number of hydrogen-bond donors (Lipinski definition) is 0. The Bertz CT molecular complexity index is 941. The Kier molecular flexibility index (Phi) is 6.98. The SMILES string of the molecule is CCCN1c2cc(OC)c(C=C3C(=O)N(CC)C(=S)N(CC)C3=O)cc2C(C)CC1(C)C. The normalized spacial score (nSPS) is 20.6. The zero-order valence-corrected chi connectivity index (χ0v) is 21.1. The molecule has 1 atom stereocenters. The zero-order valence-electron chi connectivity index (χ0n) is 20.3. The number of ether oxygens (including phenoxy) is 1. The van der Waals surface area contributed by atoms with Gasteiger partial charge in [0.05, 0.1) is 7.11 Å². The van der Waals surface area contributed by atoms with Crippen LogP contribution in [0.25, 0.3) is 6.08 Å². The third-order valence-electron chi connectivity index (χ3n) is 6.53. The second-order valence-electron chi connectivity index (χ2n) is 9.16. The van der Waals surface area contributed by atoms with Gasteiger partial charge < -0.3 is 9.64 Å². The topological polar surface area (TPSA) is 53.1 Å². The van der Waals surface area contributed by atoms with Gasteiger partial charge in [-0.05, 0) is 76.4 Å². The van der Waals surface area contributed by atoms with Crippen LogP contribution in [0.2, 0.25) is 0 Å². The van der Waals surface area contributed by atoms with E-state index in [4.69, 9.17) is 17.0 Å². The molecule has 6 nitrogen and oxygen atoms in total. The van der Waals surface area contributed by atoms with Crippen molar-refractivity contribution in [2.45, 2.75) is 65.8 Å². The first-order valence-electron chi connectivity index (χ1n) is 11.5. The van der Waals surface area contributed by atoms with Crippen molar-refractivity contribution in [2.24, 2.45) is 0 Å². The van der Waals surface area contributed by atoms with Gasteiger partial charge in [0.2, 0.25) is 0 Å². The first kappa shape index (κ1) is 24.2. The Labute approximate surface area is 197 Å². The Hall–Kier alpha value is -2.41. The Morgan fingerprint density at radius 3 is 2.22 bits per heavy atom. The van der Waals surface area contributed by atoms with E-state index in [1.54, 1.807) is 13.2 Å². The molecule has 0 spiro atoms. The summed E-state index contributed by atoms with van der Waals surface area (Å²) in [5.74, 6) is 0.297. The van der Waals surface area contributed by atoms with Crippen molar-refractivity contribution in [1.82, 2.24) is 9.80 Å². The fourth-order valence-electron chi connectivity index (χ4n) is 5.00. The van der Waals surface area contributed by atoms with Crippen molar-refractivity contribution in [2.75, 3.05) is 31.6 Å². The minimum atomic E-state index is -0.353. The second kappa shape index (κ2) is 9.22. The van der Waals surface area contributed by atoms with Crippen LogP contribution < -0.4 is 9.64 Å². The van der Waals surface area contributed by atoms with E-state index >= 15 is 0 Å². The molecule has 2 amide bonds. The molecular weight excluding hydrogens is 422 g/mol. The molecule has 32 heavy (non-hydrogen) atoms. The number of carbonyl (C=O) groups excluding carboxylic acids is 2. The smallest absolute Gasteiger partial charge is 0.265 e. The molecule has 3 rings (SSSR count). The summed E-state index contributed by atoms with van der Waals surface area (Å²) in [5, 5.41) is 0.269. The predicted molar refractivity (Wildman–Crippen MR) is 133 cm³/mol. The van der Waals surface area contributed by atoms with Gasteiger partial charge in [0.25, 0.3) is 11.8 Å². The summed E-state index contributed by atoms with van der Waals surface area (Å²) >= 11 is 5.37. The molecule has 0 saturated carbocycles. The quantitative estimate of drug-likeness (QED) is 0.356. The molecular formula is C25H35N3O3S. The average Bonchev–Trinajstić information content (AvgIpc) is 2.74. The molecule has 2 aliphatic heterocycles. The molecule has 0 aromatic heterocycles. The molecule has 1 aromatic rings. The van der Waals surface area contributed by atoms with Crippen LogP contribution in [-0.2, 0) is 9.59 Å². The van der Waals surface area contributed by atoms with E-state index < -0.39 is 0 Å². The van der Waals surface area contributed by atoms with Crippen molar-refractivity contribution in [3.63, 3.8) is 0 Å². The number of anilines is 1. The minimum Gasteiger partial charge on any atom is -0.496 e. The molecule has 0 N–H and O–H groups in total.